The van der Waals surface area contributed by atoms with Crippen LogP contribution in [0.2, 0.25) is 0 Å². The molecule has 0 aliphatic carbocycles. The van der Waals surface area contributed by atoms with Gasteiger partial charge in [-0.25, -0.2) is 0 Å². The lowest BCUT2D eigenvalue weighted by Gasteiger charge is -2.16. The molecule has 0 heterocycles. The molecule has 0 amide bonds. The molecule has 0 aromatic heterocycles. The zero-order chi connectivity index (χ0) is 12.3. The van der Waals surface area contributed by atoms with Crippen molar-refractivity contribution in [3.05, 3.63) is 59.7 Å². The molecule has 0 N–H and O–H groups in total. The largest absolute Gasteiger partial charge is 0.353 e. The van der Waals surface area contributed by atoms with Crippen LogP contribution in [0.1, 0.15) is 11.1 Å². The summed E-state index contributed by atoms with van der Waals surface area (Å²) in [4.78, 5) is 0. The van der Waals surface area contributed by atoms with Crippen molar-refractivity contribution >= 4 is 18.8 Å². The van der Waals surface area contributed by atoms with E-state index in [0.29, 0.717) is 0 Å². The number of benzene rings is 2. The zero-order valence-electron chi connectivity index (χ0n) is 10.5. The van der Waals surface area contributed by atoms with Gasteiger partial charge in [-0.05, 0) is 13.8 Å². The van der Waals surface area contributed by atoms with E-state index in [1.165, 1.54) is 21.7 Å². The Morgan fingerprint density at radius 2 is 1.06 bits per heavy atom. The highest BCUT2D eigenvalue weighted by Gasteiger charge is 2.12. The third kappa shape index (κ3) is 2.94. The standard InChI is InChI=1S/C15H17OP/c1-12-4-8-14(9-5-12)17(16-3)15-10-6-13(2)7-11-15/h4-11H,1-3H3. The van der Waals surface area contributed by atoms with E-state index in [4.69, 9.17) is 4.52 Å². The van der Waals surface area contributed by atoms with Crippen molar-refractivity contribution in [1.82, 2.24) is 0 Å². The van der Waals surface area contributed by atoms with Crippen LogP contribution in [0, 0.1) is 13.8 Å². The fourth-order valence-corrected chi connectivity index (χ4v) is 3.28. The van der Waals surface area contributed by atoms with Gasteiger partial charge in [-0.1, -0.05) is 59.7 Å². The second kappa shape index (κ2) is 5.44. The normalized spacial score (nSPS) is 10.8. The van der Waals surface area contributed by atoms with Crippen molar-refractivity contribution in [1.29, 1.82) is 0 Å². The van der Waals surface area contributed by atoms with Crippen molar-refractivity contribution in [3.63, 3.8) is 0 Å². The highest BCUT2D eigenvalue weighted by atomic mass is 31.1. The Labute approximate surface area is 104 Å². The van der Waals surface area contributed by atoms with E-state index in [1.807, 2.05) is 0 Å². The van der Waals surface area contributed by atoms with Gasteiger partial charge in [-0.15, -0.1) is 0 Å². The summed E-state index contributed by atoms with van der Waals surface area (Å²) in [6, 6.07) is 17.2. The van der Waals surface area contributed by atoms with Gasteiger partial charge in [0.15, 0.2) is 0 Å². The Morgan fingerprint density at radius 1 is 0.706 bits per heavy atom. The highest BCUT2D eigenvalue weighted by Crippen LogP contribution is 2.33. The van der Waals surface area contributed by atoms with E-state index >= 15 is 0 Å². The van der Waals surface area contributed by atoms with E-state index in [2.05, 4.69) is 62.4 Å². The van der Waals surface area contributed by atoms with Crippen LogP contribution in [0.25, 0.3) is 0 Å². The van der Waals surface area contributed by atoms with E-state index < -0.39 is 8.15 Å². The third-order valence-electron chi connectivity index (χ3n) is 2.72. The second-order valence-electron chi connectivity index (χ2n) is 4.15. The van der Waals surface area contributed by atoms with Gasteiger partial charge in [0.05, 0.1) is 8.15 Å². The lowest BCUT2D eigenvalue weighted by Crippen LogP contribution is -2.12. The first kappa shape index (κ1) is 12.3. The lowest BCUT2D eigenvalue weighted by atomic mass is 10.2. The zero-order valence-corrected chi connectivity index (χ0v) is 11.4. The topological polar surface area (TPSA) is 9.23 Å². The van der Waals surface area contributed by atoms with Crippen LogP contribution >= 0.6 is 8.15 Å². The predicted molar refractivity (Wildman–Crippen MR) is 75.6 cm³/mol. The molecule has 0 fully saturated rings. The summed E-state index contributed by atoms with van der Waals surface area (Å²) in [6.07, 6.45) is 0. The first-order valence-electron chi connectivity index (χ1n) is 5.68. The van der Waals surface area contributed by atoms with E-state index in [9.17, 15) is 0 Å². The molecule has 17 heavy (non-hydrogen) atoms. The molecule has 2 aromatic rings. The third-order valence-corrected chi connectivity index (χ3v) is 4.62. The number of hydrogen-bond donors (Lipinski definition) is 0. The maximum absolute atomic E-state index is 5.67. The van der Waals surface area contributed by atoms with E-state index in [-0.39, 0.29) is 0 Å². The van der Waals surface area contributed by atoms with Crippen LogP contribution in [0.4, 0.5) is 0 Å². The molecular weight excluding hydrogens is 227 g/mol. The minimum Gasteiger partial charge on any atom is -0.353 e. The van der Waals surface area contributed by atoms with Gasteiger partial charge < -0.3 is 4.52 Å². The molecule has 88 valence electrons. The molecule has 2 rings (SSSR count). The Hall–Kier alpha value is -1.17. The van der Waals surface area contributed by atoms with Gasteiger partial charge in [-0.3, -0.25) is 0 Å². The molecule has 0 unspecified atom stereocenters. The first-order valence-corrected chi connectivity index (χ1v) is 6.94. The Kier molecular flexibility index (Phi) is 3.93. The molecule has 0 spiro atoms. The summed E-state index contributed by atoms with van der Waals surface area (Å²) in [6.45, 7) is 4.20. The van der Waals surface area contributed by atoms with Gasteiger partial charge in [0.2, 0.25) is 0 Å². The monoisotopic (exact) mass is 244 g/mol. The molecule has 2 heteroatoms. The molecule has 1 nitrogen and oxygen atoms in total. The van der Waals surface area contributed by atoms with Gasteiger partial charge in [0.25, 0.3) is 0 Å². The summed E-state index contributed by atoms with van der Waals surface area (Å²) in [5, 5.41) is 2.52. The minimum atomic E-state index is -0.673. The fourth-order valence-electron chi connectivity index (χ4n) is 1.72. The molecule has 0 saturated carbocycles. The van der Waals surface area contributed by atoms with Gasteiger partial charge in [0, 0.05) is 17.7 Å². The first-order chi connectivity index (χ1) is 8.20. The van der Waals surface area contributed by atoms with Crippen LogP contribution in [-0.4, -0.2) is 7.11 Å². The Morgan fingerprint density at radius 3 is 1.35 bits per heavy atom. The van der Waals surface area contributed by atoms with Gasteiger partial charge in [0.1, 0.15) is 0 Å². The minimum absolute atomic E-state index is 0.673. The van der Waals surface area contributed by atoms with Crippen molar-refractivity contribution in [2.24, 2.45) is 0 Å². The highest BCUT2D eigenvalue weighted by molar-refractivity contribution is 7.68. The maximum Gasteiger partial charge on any atom is 0.0913 e. The number of rotatable bonds is 3. The van der Waals surface area contributed by atoms with E-state index in [0.717, 1.165) is 0 Å². The van der Waals surface area contributed by atoms with Crippen LogP contribution < -0.4 is 10.6 Å². The summed E-state index contributed by atoms with van der Waals surface area (Å²) < 4.78 is 5.67. The maximum atomic E-state index is 5.67. The fraction of sp³-hybridized carbons (Fsp3) is 0.200. The summed E-state index contributed by atoms with van der Waals surface area (Å²) in [5.74, 6) is 0. The summed E-state index contributed by atoms with van der Waals surface area (Å²) in [5.41, 5.74) is 2.56. The smallest absolute Gasteiger partial charge is 0.0913 e. The van der Waals surface area contributed by atoms with Crippen LogP contribution in [0.15, 0.2) is 48.5 Å². The molecule has 0 saturated heterocycles. The van der Waals surface area contributed by atoms with Crippen molar-refractivity contribution in [2.75, 3.05) is 7.11 Å². The predicted octanol–water partition coefficient (Wildman–Crippen LogP) is 3.30. The Balaban J connectivity index is 2.33. The SMILES string of the molecule is COP(c1ccc(C)cc1)c1ccc(C)cc1. The molecule has 0 atom stereocenters. The van der Waals surface area contributed by atoms with Crippen molar-refractivity contribution in [2.45, 2.75) is 13.8 Å². The van der Waals surface area contributed by atoms with Gasteiger partial charge >= 0.3 is 0 Å². The Bertz CT molecular complexity index is 428. The molecular formula is C15H17OP. The lowest BCUT2D eigenvalue weighted by molar-refractivity contribution is 0.474. The second-order valence-corrected chi connectivity index (χ2v) is 6.13. The number of aryl methyl sites for hydroxylation is 2. The van der Waals surface area contributed by atoms with Crippen LogP contribution in [0.5, 0.6) is 0 Å². The average Bonchev–Trinajstić information content (AvgIpc) is 2.35. The number of hydrogen-bond acceptors (Lipinski definition) is 1. The summed E-state index contributed by atoms with van der Waals surface area (Å²) >= 11 is 0. The quantitative estimate of drug-likeness (QED) is 0.753. The van der Waals surface area contributed by atoms with Crippen molar-refractivity contribution in [3.8, 4) is 0 Å². The molecule has 2 aromatic carbocycles. The molecule has 0 aliphatic heterocycles. The van der Waals surface area contributed by atoms with E-state index in [1.54, 1.807) is 7.11 Å². The van der Waals surface area contributed by atoms with Crippen LogP contribution in [0.3, 0.4) is 0 Å². The molecule has 0 aliphatic rings. The average molecular weight is 244 g/mol. The van der Waals surface area contributed by atoms with Gasteiger partial charge in [-0.2, -0.15) is 0 Å². The molecule has 0 radical (unpaired) electrons. The summed E-state index contributed by atoms with van der Waals surface area (Å²) in [7, 11) is 1.11. The van der Waals surface area contributed by atoms with Crippen molar-refractivity contribution < 1.29 is 4.52 Å². The molecule has 0 bridgehead atoms. The van der Waals surface area contributed by atoms with Crippen LogP contribution in [-0.2, 0) is 4.52 Å².